The summed E-state index contributed by atoms with van der Waals surface area (Å²) in [5.41, 5.74) is 8.42. The lowest BCUT2D eigenvalue weighted by Gasteiger charge is -2.28. The average molecular weight is 406 g/mol. The standard InChI is InChI=1S/C23H26N4O3/c24-21-17(20(28)15-8-4-5-9-19(15)30-21)13-27-11-10-18-16(12-27)23(29)26-22(25-18)14-6-2-1-3-7-14/h4-5,8-9,14H,1-3,6-7,10-13,24H2,(H,25,26,29). The lowest BCUT2D eigenvalue weighted by atomic mass is 9.88. The Morgan fingerprint density at radius 3 is 2.80 bits per heavy atom. The molecular formula is C23H26N4O3. The summed E-state index contributed by atoms with van der Waals surface area (Å²) in [6.45, 7) is 1.52. The third-order valence-corrected chi connectivity index (χ3v) is 6.46. The number of rotatable bonds is 3. The van der Waals surface area contributed by atoms with Crippen molar-refractivity contribution in [1.82, 2.24) is 14.9 Å². The van der Waals surface area contributed by atoms with Gasteiger partial charge in [-0.2, -0.15) is 0 Å². The number of aromatic amines is 1. The molecular weight excluding hydrogens is 380 g/mol. The predicted octanol–water partition coefficient (Wildman–Crippen LogP) is 3.06. The second-order valence-corrected chi connectivity index (χ2v) is 8.44. The Balaban J connectivity index is 1.41. The molecule has 0 spiro atoms. The van der Waals surface area contributed by atoms with Crippen molar-refractivity contribution in [3.05, 3.63) is 67.5 Å². The fraction of sp³-hybridized carbons (Fsp3) is 0.435. The summed E-state index contributed by atoms with van der Waals surface area (Å²) < 4.78 is 5.66. The SMILES string of the molecule is Nc1oc2ccccc2c(=O)c1CN1CCc2nc(C3CCCCC3)[nH]c(=O)c2C1. The third kappa shape index (κ3) is 3.43. The summed E-state index contributed by atoms with van der Waals surface area (Å²) in [7, 11) is 0. The maximum absolute atomic E-state index is 12.9. The summed E-state index contributed by atoms with van der Waals surface area (Å²) in [6.07, 6.45) is 6.57. The van der Waals surface area contributed by atoms with Gasteiger partial charge < -0.3 is 15.1 Å². The zero-order chi connectivity index (χ0) is 20.7. The van der Waals surface area contributed by atoms with Crippen LogP contribution in [0.15, 0.2) is 38.3 Å². The van der Waals surface area contributed by atoms with E-state index in [2.05, 4.69) is 9.88 Å². The first-order valence-corrected chi connectivity index (χ1v) is 10.7. The molecule has 3 aromatic rings. The van der Waals surface area contributed by atoms with E-state index in [1.54, 1.807) is 12.1 Å². The maximum Gasteiger partial charge on any atom is 0.255 e. The monoisotopic (exact) mass is 406 g/mol. The van der Waals surface area contributed by atoms with Crippen LogP contribution in [0.5, 0.6) is 0 Å². The molecule has 0 unspecified atom stereocenters. The third-order valence-electron chi connectivity index (χ3n) is 6.46. The number of nitrogens with zero attached hydrogens (tertiary/aromatic N) is 2. The van der Waals surface area contributed by atoms with Crippen LogP contribution in [-0.2, 0) is 19.5 Å². The van der Waals surface area contributed by atoms with Gasteiger partial charge in [0.1, 0.15) is 11.4 Å². The van der Waals surface area contributed by atoms with E-state index < -0.39 is 0 Å². The minimum absolute atomic E-state index is 0.0520. The van der Waals surface area contributed by atoms with Crippen LogP contribution in [0.4, 0.5) is 5.88 Å². The number of nitrogen functional groups attached to an aromatic ring is 1. The fourth-order valence-electron chi connectivity index (χ4n) is 4.78. The van der Waals surface area contributed by atoms with Crippen LogP contribution >= 0.6 is 0 Å². The molecule has 5 rings (SSSR count). The van der Waals surface area contributed by atoms with Crippen LogP contribution in [0.25, 0.3) is 11.0 Å². The molecule has 7 heteroatoms. The highest BCUT2D eigenvalue weighted by atomic mass is 16.3. The quantitative estimate of drug-likeness (QED) is 0.693. The van der Waals surface area contributed by atoms with Gasteiger partial charge in [0, 0.05) is 32.0 Å². The molecule has 2 aromatic heterocycles. The van der Waals surface area contributed by atoms with E-state index in [1.165, 1.54) is 19.3 Å². The van der Waals surface area contributed by atoms with Gasteiger partial charge >= 0.3 is 0 Å². The summed E-state index contributed by atoms with van der Waals surface area (Å²) in [5, 5.41) is 0.524. The second kappa shape index (κ2) is 7.72. The van der Waals surface area contributed by atoms with Crippen LogP contribution in [0.2, 0.25) is 0 Å². The van der Waals surface area contributed by atoms with Crippen molar-refractivity contribution in [2.45, 2.75) is 57.5 Å². The molecule has 0 amide bonds. The molecule has 0 saturated heterocycles. The number of aromatic nitrogens is 2. The van der Waals surface area contributed by atoms with Gasteiger partial charge in [-0.25, -0.2) is 4.98 Å². The summed E-state index contributed by atoms with van der Waals surface area (Å²) in [5.74, 6) is 1.37. The van der Waals surface area contributed by atoms with E-state index in [9.17, 15) is 9.59 Å². The van der Waals surface area contributed by atoms with E-state index in [4.69, 9.17) is 15.1 Å². The molecule has 2 aliphatic rings. The van der Waals surface area contributed by atoms with Gasteiger partial charge in [-0.3, -0.25) is 14.5 Å². The lowest BCUT2D eigenvalue weighted by Crippen LogP contribution is -2.37. The topological polar surface area (TPSA) is 105 Å². The minimum atomic E-state index is -0.111. The summed E-state index contributed by atoms with van der Waals surface area (Å²) >= 11 is 0. The van der Waals surface area contributed by atoms with Crippen molar-refractivity contribution in [2.24, 2.45) is 0 Å². The van der Waals surface area contributed by atoms with E-state index in [1.807, 2.05) is 12.1 Å². The molecule has 3 N–H and O–H groups in total. The Bertz CT molecular complexity index is 1210. The van der Waals surface area contributed by atoms with Crippen molar-refractivity contribution in [1.29, 1.82) is 0 Å². The number of benzene rings is 1. The summed E-state index contributed by atoms with van der Waals surface area (Å²) in [6, 6.07) is 7.11. The Hall–Kier alpha value is -2.93. The van der Waals surface area contributed by atoms with Crippen molar-refractivity contribution in [2.75, 3.05) is 12.3 Å². The van der Waals surface area contributed by atoms with Crippen LogP contribution in [-0.4, -0.2) is 21.4 Å². The highest BCUT2D eigenvalue weighted by Crippen LogP contribution is 2.31. The molecule has 1 aromatic carbocycles. The number of anilines is 1. The van der Waals surface area contributed by atoms with Gasteiger partial charge in [0.05, 0.1) is 22.2 Å². The van der Waals surface area contributed by atoms with Crippen LogP contribution in [0, 0.1) is 0 Å². The van der Waals surface area contributed by atoms with Gasteiger partial charge in [0.2, 0.25) is 0 Å². The van der Waals surface area contributed by atoms with Gasteiger partial charge in [-0.05, 0) is 25.0 Å². The van der Waals surface area contributed by atoms with Gasteiger partial charge in [-0.1, -0.05) is 31.4 Å². The number of nitrogens with two attached hydrogens (primary N) is 1. The van der Waals surface area contributed by atoms with Crippen molar-refractivity contribution >= 4 is 16.9 Å². The van der Waals surface area contributed by atoms with Crippen LogP contribution in [0.3, 0.4) is 0 Å². The van der Waals surface area contributed by atoms with Crippen molar-refractivity contribution in [3.63, 3.8) is 0 Å². The van der Waals surface area contributed by atoms with Crippen LogP contribution in [0.1, 0.15) is 60.7 Å². The molecule has 30 heavy (non-hydrogen) atoms. The normalized spacial score (nSPS) is 17.9. The molecule has 1 aliphatic carbocycles. The number of para-hydroxylation sites is 1. The predicted molar refractivity (Wildman–Crippen MR) is 115 cm³/mol. The Morgan fingerprint density at radius 1 is 1.17 bits per heavy atom. The van der Waals surface area contributed by atoms with Gasteiger partial charge in [-0.15, -0.1) is 0 Å². The molecule has 0 atom stereocenters. The number of nitrogens with one attached hydrogen (secondary N) is 1. The first kappa shape index (κ1) is 19.1. The maximum atomic E-state index is 12.9. The second-order valence-electron chi connectivity index (χ2n) is 8.44. The van der Waals surface area contributed by atoms with E-state index in [0.29, 0.717) is 47.5 Å². The Morgan fingerprint density at radius 2 is 1.97 bits per heavy atom. The first-order chi connectivity index (χ1) is 14.6. The van der Waals surface area contributed by atoms with E-state index in [0.717, 1.165) is 30.9 Å². The molecule has 3 heterocycles. The Kier molecular flexibility index (Phi) is 4.90. The summed E-state index contributed by atoms with van der Waals surface area (Å²) in [4.78, 5) is 35.6. The molecule has 7 nitrogen and oxygen atoms in total. The van der Waals surface area contributed by atoms with E-state index >= 15 is 0 Å². The highest BCUT2D eigenvalue weighted by Gasteiger charge is 2.26. The molecule has 0 radical (unpaired) electrons. The fourth-order valence-corrected chi connectivity index (χ4v) is 4.78. The molecule has 1 saturated carbocycles. The molecule has 1 fully saturated rings. The van der Waals surface area contributed by atoms with Gasteiger partial charge in [0.25, 0.3) is 5.56 Å². The average Bonchev–Trinajstić information content (AvgIpc) is 2.77. The largest absolute Gasteiger partial charge is 0.440 e. The first-order valence-electron chi connectivity index (χ1n) is 10.7. The number of hydrogen-bond acceptors (Lipinski definition) is 6. The zero-order valence-electron chi connectivity index (χ0n) is 16.9. The smallest absolute Gasteiger partial charge is 0.255 e. The lowest BCUT2D eigenvalue weighted by molar-refractivity contribution is 0.239. The van der Waals surface area contributed by atoms with E-state index in [-0.39, 0.29) is 16.9 Å². The van der Waals surface area contributed by atoms with Gasteiger partial charge in [0.15, 0.2) is 11.3 Å². The minimum Gasteiger partial charge on any atom is -0.440 e. The molecule has 156 valence electrons. The Labute approximate surface area is 173 Å². The molecule has 1 aliphatic heterocycles. The number of hydrogen-bond donors (Lipinski definition) is 2. The van der Waals surface area contributed by atoms with Crippen LogP contribution < -0.4 is 16.7 Å². The van der Waals surface area contributed by atoms with Crippen molar-refractivity contribution in [3.8, 4) is 0 Å². The number of H-pyrrole nitrogens is 1. The molecule has 0 bridgehead atoms. The van der Waals surface area contributed by atoms with Crippen molar-refractivity contribution < 1.29 is 4.42 Å². The zero-order valence-corrected chi connectivity index (χ0v) is 16.9. The number of fused-ring (bicyclic) bond motifs is 2. The highest BCUT2D eigenvalue weighted by molar-refractivity contribution is 5.78.